The quantitative estimate of drug-likeness (QED) is 0.289. The van der Waals surface area contributed by atoms with Crippen molar-refractivity contribution in [2.45, 2.75) is 76.4 Å². The number of thioether (sulfide) groups is 1. The molecule has 3 aromatic rings. The normalized spacial score (nSPS) is 11.8. The summed E-state index contributed by atoms with van der Waals surface area (Å²) in [4.78, 5) is 33.1. The lowest BCUT2D eigenvalue weighted by molar-refractivity contribution is -0.116. The van der Waals surface area contributed by atoms with E-state index in [-0.39, 0.29) is 11.3 Å². The smallest absolute Gasteiger partial charge is 0.412 e. The number of anilines is 2. The predicted molar refractivity (Wildman–Crippen MR) is 145 cm³/mol. The van der Waals surface area contributed by atoms with Crippen LogP contribution in [0, 0.1) is 5.41 Å². The molecule has 0 unspecified atom stereocenters. The number of nitrogens with one attached hydrogen (secondary N) is 2. The van der Waals surface area contributed by atoms with Crippen molar-refractivity contribution in [3.05, 3.63) is 53.9 Å². The van der Waals surface area contributed by atoms with Crippen LogP contribution in [0.5, 0.6) is 0 Å². The van der Waals surface area contributed by atoms with Gasteiger partial charge in [0, 0.05) is 18.5 Å². The Hall–Kier alpha value is -2.85. The van der Waals surface area contributed by atoms with E-state index in [0.29, 0.717) is 35.3 Å². The topological polar surface area (TPSA) is 106 Å². The number of aromatic nitrogens is 2. The molecule has 0 spiro atoms. The first-order chi connectivity index (χ1) is 16.8. The Labute approximate surface area is 220 Å². The standard InChI is InChI=1S/C26H34N4O4S2/c1-25(2,3)13-19-14-27-21(33-19)16-35-22-15-28-23(36-22)30-20(31)11-10-17-8-7-9-18(12-17)29-24(32)34-26(4,5)6/h7-9,12,14-15H,10-11,13,16H2,1-6H3,(H,29,32)(H,28,30,31). The van der Waals surface area contributed by atoms with Gasteiger partial charge >= 0.3 is 6.09 Å². The Morgan fingerprint density at radius 3 is 2.58 bits per heavy atom. The van der Waals surface area contributed by atoms with Crippen LogP contribution in [-0.4, -0.2) is 27.6 Å². The molecule has 0 fully saturated rings. The molecule has 3 rings (SSSR count). The maximum Gasteiger partial charge on any atom is 0.412 e. The highest BCUT2D eigenvalue weighted by Crippen LogP contribution is 2.31. The van der Waals surface area contributed by atoms with Gasteiger partial charge < -0.3 is 14.5 Å². The van der Waals surface area contributed by atoms with Gasteiger partial charge in [-0.05, 0) is 50.3 Å². The van der Waals surface area contributed by atoms with Crippen LogP contribution in [0.3, 0.4) is 0 Å². The van der Waals surface area contributed by atoms with Crippen LogP contribution >= 0.6 is 23.1 Å². The molecule has 10 heteroatoms. The van der Waals surface area contributed by atoms with Gasteiger partial charge in [0.25, 0.3) is 0 Å². The molecule has 0 atom stereocenters. The molecule has 0 aliphatic carbocycles. The van der Waals surface area contributed by atoms with Crippen LogP contribution in [0.15, 0.2) is 45.3 Å². The summed E-state index contributed by atoms with van der Waals surface area (Å²) >= 11 is 3.00. The fourth-order valence-corrected chi connectivity index (χ4v) is 4.94. The van der Waals surface area contributed by atoms with E-state index in [1.807, 2.05) is 39.0 Å². The molecule has 0 bridgehead atoms. The van der Waals surface area contributed by atoms with Crippen LogP contribution in [0.1, 0.15) is 65.2 Å². The lowest BCUT2D eigenvalue weighted by Crippen LogP contribution is -2.27. The number of carbonyl (C=O) groups excluding carboxylic acids is 2. The van der Waals surface area contributed by atoms with Crippen LogP contribution in [-0.2, 0) is 28.1 Å². The number of benzene rings is 1. The first-order valence-corrected chi connectivity index (χ1v) is 13.6. The third-order valence-corrected chi connectivity index (χ3v) is 6.68. The highest BCUT2D eigenvalue weighted by atomic mass is 32.2. The highest BCUT2D eigenvalue weighted by molar-refractivity contribution is 8.00. The average Bonchev–Trinajstić information content (AvgIpc) is 3.37. The van der Waals surface area contributed by atoms with Gasteiger partial charge in [-0.1, -0.05) is 44.2 Å². The lowest BCUT2D eigenvalue weighted by Gasteiger charge is -2.19. The van der Waals surface area contributed by atoms with E-state index in [9.17, 15) is 9.59 Å². The first kappa shape index (κ1) is 27.7. The second-order valence-corrected chi connectivity index (χ2v) is 12.9. The molecule has 2 aromatic heterocycles. The number of hydrogen-bond acceptors (Lipinski definition) is 8. The molecule has 2 N–H and O–H groups in total. The Kier molecular flexibility index (Phi) is 9.19. The van der Waals surface area contributed by atoms with E-state index in [4.69, 9.17) is 9.15 Å². The summed E-state index contributed by atoms with van der Waals surface area (Å²) in [7, 11) is 0. The lowest BCUT2D eigenvalue weighted by atomic mass is 9.91. The zero-order valence-electron chi connectivity index (χ0n) is 21.6. The summed E-state index contributed by atoms with van der Waals surface area (Å²) in [6, 6.07) is 7.38. The average molecular weight is 531 g/mol. The largest absolute Gasteiger partial charge is 0.445 e. The van der Waals surface area contributed by atoms with E-state index in [1.54, 1.807) is 30.2 Å². The van der Waals surface area contributed by atoms with E-state index >= 15 is 0 Å². The predicted octanol–water partition coefficient (Wildman–Crippen LogP) is 6.93. The van der Waals surface area contributed by atoms with Crippen molar-refractivity contribution in [1.29, 1.82) is 0 Å². The van der Waals surface area contributed by atoms with Gasteiger partial charge in [-0.25, -0.2) is 14.8 Å². The number of carbonyl (C=O) groups is 2. The van der Waals surface area contributed by atoms with Crippen LogP contribution < -0.4 is 10.6 Å². The number of rotatable bonds is 9. The van der Waals surface area contributed by atoms with E-state index in [1.165, 1.54) is 11.3 Å². The minimum Gasteiger partial charge on any atom is -0.445 e. The summed E-state index contributed by atoms with van der Waals surface area (Å²) in [5, 5.41) is 6.14. The number of aryl methyl sites for hydroxylation is 1. The maximum atomic E-state index is 12.4. The highest BCUT2D eigenvalue weighted by Gasteiger charge is 2.17. The molecule has 1 aromatic carbocycles. The van der Waals surface area contributed by atoms with Crippen molar-refractivity contribution >= 4 is 45.9 Å². The summed E-state index contributed by atoms with van der Waals surface area (Å²) in [6.07, 6.45) is 4.70. The molecular formula is C26H34N4O4S2. The number of oxazole rings is 1. The number of nitrogens with zero attached hydrogens (tertiary/aromatic N) is 2. The molecule has 0 radical (unpaired) electrons. The monoisotopic (exact) mass is 530 g/mol. The third kappa shape index (κ3) is 10.0. The van der Waals surface area contributed by atoms with E-state index < -0.39 is 11.7 Å². The van der Waals surface area contributed by atoms with Crippen molar-refractivity contribution in [3.63, 3.8) is 0 Å². The Morgan fingerprint density at radius 2 is 1.86 bits per heavy atom. The van der Waals surface area contributed by atoms with Crippen molar-refractivity contribution < 1.29 is 18.7 Å². The number of thiazole rings is 1. The molecule has 0 saturated carbocycles. The Morgan fingerprint density at radius 1 is 1.08 bits per heavy atom. The zero-order valence-corrected chi connectivity index (χ0v) is 23.3. The zero-order chi connectivity index (χ0) is 26.3. The Bertz CT molecular complexity index is 1180. The SMILES string of the molecule is CC(C)(C)Cc1cnc(CSc2cnc(NC(=O)CCc3cccc(NC(=O)OC(C)(C)C)c3)s2)o1. The maximum absolute atomic E-state index is 12.4. The van der Waals surface area contributed by atoms with Crippen LogP contribution in [0.25, 0.3) is 0 Å². The fraction of sp³-hybridized carbons (Fsp3) is 0.462. The van der Waals surface area contributed by atoms with Gasteiger partial charge in [0.1, 0.15) is 11.4 Å². The van der Waals surface area contributed by atoms with Crippen molar-refractivity contribution in [3.8, 4) is 0 Å². The molecule has 8 nitrogen and oxygen atoms in total. The van der Waals surface area contributed by atoms with Gasteiger partial charge in [0.05, 0.1) is 22.4 Å². The molecule has 0 aliphatic rings. The van der Waals surface area contributed by atoms with E-state index in [0.717, 1.165) is 22.0 Å². The van der Waals surface area contributed by atoms with Crippen LogP contribution in [0.4, 0.5) is 15.6 Å². The number of ether oxygens (including phenoxy) is 1. The van der Waals surface area contributed by atoms with Gasteiger partial charge in [-0.15, -0.1) is 11.8 Å². The first-order valence-electron chi connectivity index (χ1n) is 11.8. The molecule has 194 valence electrons. The second kappa shape index (κ2) is 11.9. The summed E-state index contributed by atoms with van der Waals surface area (Å²) in [6.45, 7) is 11.9. The van der Waals surface area contributed by atoms with Gasteiger partial charge in [0.2, 0.25) is 11.8 Å². The van der Waals surface area contributed by atoms with Gasteiger partial charge in [0.15, 0.2) is 5.13 Å². The Balaban J connectivity index is 1.44. The van der Waals surface area contributed by atoms with Crippen molar-refractivity contribution in [1.82, 2.24) is 9.97 Å². The van der Waals surface area contributed by atoms with Crippen LogP contribution in [0.2, 0.25) is 0 Å². The minimum absolute atomic E-state index is 0.120. The molecule has 0 aliphatic heterocycles. The van der Waals surface area contributed by atoms with Gasteiger partial charge in [-0.2, -0.15) is 0 Å². The number of amides is 2. The van der Waals surface area contributed by atoms with E-state index in [2.05, 4.69) is 41.4 Å². The number of hydrogen-bond donors (Lipinski definition) is 2. The van der Waals surface area contributed by atoms with Crippen molar-refractivity contribution in [2.75, 3.05) is 10.6 Å². The van der Waals surface area contributed by atoms with Crippen molar-refractivity contribution in [2.24, 2.45) is 5.41 Å². The summed E-state index contributed by atoms with van der Waals surface area (Å²) in [5.41, 5.74) is 1.14. The molecule has 2 heterocycles. The fourth-order valence-electron chi connectivity index (χ4n) is 3.20. The molecule has 36 heavy (non-hydrogen) atoms. The molecule has 0 saturated heterocycles. The summed E-state index contributed by atoms with van der Waals surface area (Å²) < 4.78 is 12.1. The molecular weight excluding hydrogens is 496 g/mol. The minimum atomic E-state index is -0.570. The molecule has 2 amide bonds. The second-order valence-electron chi connectivity index (χ2n) is 10.6. The van der Waals surface area contributed by atoms with Gasteiger partial charge in [-0.3, -0.25) is 10.1 Å². The summed E-state index contributed by atoms with van der Waals surface area (Å²) in [5.74, 6) is 2.06. The third-order valence-electron chi connectivity index (χ3n) is 4.59.